The standard InChI is InChI=1S/C20H19N/c1-14-11-15(2)13-17(12-14)18-8-4-5-9-19(18)20-16(3)7-6-10-21-20/h4-13H,1-3H3. The second-order valence-corrected chi connectivity index (χ2v) is 5.59. The second kappa shape index (κ2) is 5.53. The third kappa shape index (κ3) is 2.73. The van der Waals surface area contributed by atoms with Gasteiger partial charge in [0.1, 0.15) is 0 Å². The largest absolute Gasteiger partial charge is 0.256 e. The SMILES string of the molecule is Cc1cc(C)cc(-c2ccccc2-c2ncccc2C)c1. The molecule has 1 heteroatoms. The Labute approximate surface area is 126 Å². The van der Waals surface area contributed by atoms with Crippen molar-refractivity contribution in [3.63, 3.8) is 0 Å². The zero-order chi connectivity index (χ0) is 14.8. The molecule has 3 aromatic rings. The van der Waals surface area contributed by atoms with Gasteiger partial charge in [0, 0.05) is 11.8 Å². The van der Waals surface area contributed by atoms with Crippen LogP contribution in [0.3, 0.4) is 0 Å². The third-order valence-electron chi connectivity index (χ3n) is 3.72. The summed E-state index contributed by atoms with van der Waals surface area (Å²) in [6, 6.07) is 19.3. The Hall–Kier alpha value is -2.41. The number of hydrogen-bond acceptors (Lipinski definition) is 1. The maximum absolute atomic E-state index is 4.58. The molecule has 0 aliphatic heterocycles. The van der Waals surface area contributed by atoms with Crippen LogP contribution in [-0.2, 0) is 0 Å². The van der Waals surface area contributed by atoms with Crippen LogP contribution in [0.15, 0.2) is 60.8 Å². The van der Waals surface area contributed by atoms with E-state index in [1.165, 1.54) is 33.4 Å². The lowest BCUT2D eigenvalue weighted by Crippen LogP contribution is -1.91. The van der Waals surface area contributed by atoms with E-state index in [0.29, 0.717) is 0 Å². The topological polar surface area (TPSA) is 12.9 Å². The minimum absolute atomic E-state index is 1.06. The molecule has 0 N–H and O–H groups in total. The number of aryl methyl sites for hydroxylation is 3. The predicted molar refractivity (Wildman–Crippen MR) is 89.3 cm³/mol. The average Bonchev–Trinajstić information content (AvgIpc) is 2.47. The highest BCUT2D eigenvalue weighted by molar-refractivity contribution is 5.83. The number of rotatable bonds is 2. The predicted octanol–water partition coefficient (Wildman–Crippen LogP) is 5.34. The molecule has 0 aliphatic rings. The molecule has 0 saturated heterocycles. The lowest BCUT2D eigenvalue weighted by molar-refractivity contribution is 1.27. The molecule has 1 nitrogen and oxygen atoms in total. The number of pyridine rings is 1. The van der Waals surface area contributed by atoms with Crippen LogP contribution in [0, 0.1) is 20.8 Å². The fourth-order valence-electron chi connectivity index (χ4n) is 2.84. The Balaban J connectivity index is 2.23. The van der Waals surface area contributed by atoms with Crippen LogP contribution < -0.4 is 0 Å². The molecule has 1 aromatic heterocycles. The zero-order valence-electron chi connectivity index (χ0n) is 12.7. The van der Waals surface area contributed by atoms with Crippen LogP contribution in [0.1, 0.15) is 16.7 Å². The first kappa shape index (κ1) is 13.6. The van der Waals surface area contributed by atoms with Gasteiger partial charge in [-0.1, -0.05) is 59.7 Å². The van der Waals surface area contributed by atoms with E-state index in [1.807, 2.05) is 12.3 Å². The Morgan fingerprint density at radius 2 is 1.38 bits per heavy atom. The first-order valence-electron chi connectivity index (χ1n) is 7.25. The van der Waals surface area contributed by atoms with E-state index in [1.54, 1.807) is 0 Å². The van der Waals surface area contributed by atoms with Gasteiger partial charge in [0.15, 0.2) is 0 Å². The monoisotopic (exact) mass is 273 g/mol. The molecule has 1 heterocycles. The third-order valence-corrected chi connectivity index (χ3v) is 3.72. The van der Waals surface area contributed by atoms with Crippen molar-refractivity contribution in [3.05, 3.63) is 77.5 Å². The number of nitrogens with zero attached hydrogens (tertiary/aromatic N) is 1. The summed E-state index contributed by atoms with van der Waals surface area (Å²) in [4.78, 5) is 4.58. The fourth-order valence-corrected chi connectivity index (χ4v) is 2.84. The van der Waals surface area contributed by atoms with Gasteiger partial charge >= 0.3 is 0 Å². The molecule has 0 saturated carbocycles. The fraction of sp³-hybridized carbons (Fsp3) is 0.150. The normalized spacial score (nSPS) is 10.6. The molecule has 0 unspecified atom stereocenters. The Morgan fingerprint density at radius 3 is 2.05 bits per heavy atom. The first-order valence-corrected chi connectivity index (χ1v) is 7.25. The van der Waals surface area contributed by atoms with Gasteiger partial charge in [0.05, 0.1) is 5.69 Å². The van der Waals surface area contributed by atoms with Crippen molar-refractivity contribution >= 4 is 0 Å². The highest BCUT2D eigenvalue weighted by Crippen LogP contribution is 2.33. The van der Waals surface area contributed by atoms with Crippen LogP contribution in [0.25, 0.3) is 22.4 Å². The van der Waals surface area contributed by atoms with Crippen LogP contribution in [0.4, 0.5) is 0 Å². The molecule has 21 heavy (non-hydrogen) atoms. The van der Waals surface area contributed by atoms with Gasteiger partial charge < -0.3 is 0 Å². The molecule has 0 atom stereocenters. The van der Waals surface area contributed by atoms with Gasteiger partial charge in [-0.3, -0.25) is 4.98 Å². The Kier molecular flexibility index (Phi) is 3.57. The minimum Gasteiger partial charge on any atom is -0.256 e. The molecule has 0 spiro atoms. The summed E-state index contributed by atoms with van der Waals surface area (Å²) in [5, 5.41) is 0. The maximum atomic E-state index is 4.58. The maximum Gasteiger partial charge on any atom is 0.0737 e. The van der Waals surface area contributed by atoms with E-state index in [9.17, 15) is 0 Å². The summed E-state index contributed by atoms with van der Waals surface area (Å²) in [7, 11) is 0. The highest BCUT2D eigenvalue weighted by Gasteiger charge is 2.10. The molecule has 0 bridgehead atoms. The first-order chi connectivity index (χ1) is 10.1. The van der Waals surface area contributed by atoms with Crippen LogP contribution >= 0.6 is 0 Å². The molecule has 0 aliphatic carbocycles. The second-order valence-electron chi connectivity index (χ2n) is 5.59. The van der Waals surface area contributed by atoms with E-state index < -0.39 is 0 Å². The van der Waals surface area contributed by atoms with Gasteiger partial charge in [-0.25, -0.2) is 0 Å². The lowest BCUT2D eigenvalue weighted by atomic mass is 9.93. The zero-order valence-corrected chi connectivity index (χ0v) is 12.7. The number of benzene rings is 2. The number of aromatic nitrogens is 1. The summed E-state index contributed by atoms with van der Waals surface area (Å²) >= 11 is 0. The minimum atomic E-state index is 1.06. The van der Waals surface area contributed by atoms with Crippen LogP contribution in [0.5, 0.6) is 0 Å². The Morgan fingerprint density at radius 1 is 0.714 bits per heavy atom. The quantitative estimate of drug-likeness (QED) is 0.614. The van der Waals surface area contributed by atoms with Gasteiger partial charge in [-0.15, -0.1) is 0 Å². The lowest BCUT2D eigenvalue weighted by Gasteiger charge is -2.12. The number of hydrogen-bond donors (Lipinski definition) is 0. The molecule has 2 aromatic carbocycles. The molecule has 0 radical (unpaired) electrons. The summed E-state index contributed by atoms with van der Waals surface area (Å²) in [5.74, 6) is 0. The molecule has 0 amide bonds. The van der Waals surface area contributed by atoms with Crippen molar-refractivity contribution in [3.8, 4) is 22.4 Å². The van der Waals surface area contributed by atoms with Crippen molar-refractivity contribution in [1.29, 1.82) is 0 Å². The summed E-state index contributed by atoms with van der Waals surface area (Å²) < 4.78 is 0. The van der Waals surface area contributed by atoms with Crippen molar-refractivity contribution in [2.75, 3.05) is 0 Å². The molecular formula is C20H19N. The van der Waals surface area contributed by atoms with Gasteiger partial charge in [-0.05, 0) is 43.5 Å². The van der Waals surface area contributed by atoms with Gasteiger partial charge in [-0.2, -0.15) is 0 Å². The molecular weight excluding hydrogens is 254 g/mol. The summed E-state index contributed by atoms with van der Waals surface area (Å²) in [5.41, 5.74) is 8.54. The van der Waals surface area contributed by atoms with Gasteiger partial charge in [0.2, 0.25) is 0 Å². The smallest absolute Gasteiger partial charge is 0.0737 e. The summed E-state index contributed by atoms with van der Waals surface area (Å²) in [6.07, 6.45) is 1.86. The van der Waals surface area contributed by atoms with E-state index in [2.05, 4.69) is 74.3 Å². The van der Waals surface area contributed by atoms with E-state index >= 15 is 0 Å². The van der Waals surface area contributed by atoms with Crippen molar-refractivity contribution in [2.24, 2.45) is 0 Å². The van der Waals surface area contributed by atoms with Crippen LogP contribution in [-0.4, -0.2) is 4.98 Å². The van der Waals surface area contributed by atoms with E-state index in [0.717, 1.165) is 5.69 Å². The molecule has 0 fully saturated rings. The molecule has 3 rings (SSSR count). The van der Waals surface area contributed by atoms with Gasteiger partial charge in [0.25, 0.3) is 0 Å². The van der Waals surface area contributed by atoms with Crippen molar-refractivity contribution < 1.29 is 0 Å². The van der Waals surface area contributed by atoms with E-state index in [4.69, 9.17) is 0 Å². The highest BCUT2D eigenvalue weighted by atomic mass is 14.7. The Bertz CT molecular complexity index is 767. The van der Waals surface area contributed by atoms with E-state index in [-0.39, 0.29) is 0 Å². The molecule has 104 valence electrons. The van der Waals surface area contributed by atoms with Crippen molar-refractivity contribution in [2.45, 2.75) is 20.8 Å². The summed E-state index contributed by atoms with van der Waals surface area (Å²) in [6.45, 7) is 6.40. The van der Waals surface area contributed by atoms with Crippen LogP contribution in [0.2, 0.25) is 0 Å². The average molecular weight is 273 g/mol. The van der Waals surface area contributed by atoms with Crippen molar-refractivity contribution in [1.82, 2.24) is 4.98 Å².